The molecule has 3 heterocycles. The van der Waals surface area contributed by atoms with Gasteiger partial charge >= 0.3 is 6.03 Å². The van der Waals surface area contributed by atoms with E-state index in [9.17, 15) is 14.4 Å². The lowest BCUT2D eigenvalue weighted by atomic mass is 9.96. The maximum absolute atomic E-state index is 12.9. The number of hydrogen-bond donors (Lipinski definition) is 2. The normalized spacial score (nSPS) is 22.5. The second kappa shape index (κ2) is 9.01. The van der Waals surface area contributed by atoms with Gasteiger partial charge < -0.3 is 25.6 Å². The summed E-state index contributed by atoms with van der Waals surface area (Å²) in [6, 6.07) is 2.94. The number of primary amides is 1. The summed E-state index contributed by atoms with van der Waals surface area (Å²) in [5, 5.41) is 2.43. The van der Waals surface area contributed by atoms with Gasteiger partial charge in [-0.3, -0.25) is 14.6 Å². The largest absolute Gasteiger partial charge is 0.377 e. The predicted molar refractivity (Wildman–Crippen MR) is 101 cm³/mol. The minimum absolute atomic E-state index is 0.0634. The molecule has 0 spiro atoms. The maximum atomic E-state index is 12.9. The zero-order chi connectivity index (χ0) is 20.1. The molecule has 2 fully saturated rings. The summed E-state index contributed by atoms with van der Waals surface area (Å²) in [4.78, 5) is 43.9. The van der Waals surface area contributed by atoms with Gasteiger partial charge in [-0.05, 0) is 23.6 Å². The van der Waals surface area contributed by atoms with Gasteiger partial charge in [-0.1, -0.05) is 6.92 Å². The van der Waals surface area contributed by atoms with Crippen molar-refractivity contribution in [3.63, 3.8) is 0 Å². The lowest BCUT2D eigenvalue weighted by molar-refractivity contribution is -0.145. The van der Waals surface area contributed by atoms with Crippen molar-refractivity contribution in [3.8, 4) is 0 Å². The third-order valence-corrected chi connectivity index (χ3v) is 5.44. The van der Waals surface area contributed by atoms with E-state index in [1.54, 1.807) is 17.3 Å². The summed E-state index contributed by atoms with van der Waals surface area (Å²) < 4.78 is 5.60. The number of nitrogens with zero attached hydrogens (tertiary/aromatic N) is 3. The van der Waals surface area contributed by atoms with Crippen LogP contribution in [0.25, 0.3) is 0 Å². The Bertz CT molecular complexity index is 714. The first-order valence-corrected chi connectivity index (χ1v) is 9.57. The predicted octanol–water partition coefficient (Wildman–Crippen LogP) is 0.0718. The summed E-state index contributed by atoms with van der Waals surface area (Å²) >= 11 is 0. The topological polar surface area (TPSA) is 118 Å². The summed E-state index contributed by atoms with van der Waals surface area (Å²) in [5.41, 5.74) is 6.12. The van der Waals surface area contributed by atoms with Gasteiger partial charge in [0, 0.05) is 44.9 Å². The van der Waals surface area contributed by atoms with Crippen molar-refractivity contribution in [3.05, 3.63) is 30.1 Å². The highest BCUT2D eigenvalue weighted by molar-refractivity contribution is 5.80. The summed E-state index contributed by atoms with van der Waals surface area (Å²) in [5.74, 6) is 0.106. The van der Waals surface area contributed by atoms with Crippen LogP contribution in [0.1, 0.15) is 31.2 Å². The number of fused-ring (bicyclic) bond motifs is 1. The van der Waals surface area contributed by atoms with Gasteiger partial charge in [-0.25, -0.2) is 4.79 Å². The van der Waals surface area contributed by atoms with Gasteiger partial charge in [-0.2, -0.15) is 0 Å². The van der Waals surface area contributed by atoms with Crippen LogP contribution in [0.4, 0.5) is 4.79 Å². The molecule has 3 rings (SSSR count). The van der Waals surface area contributed by atoms with Crippen molar-refractivity contribution in [1.82, 2.24) is 20.1 Å². The van der Waals surface area contributed by atoms with E-state index in [-0.39, 0.29) is 42.8 Å². The molecule has 0 radical (unpaired) electrons. The average Bonchev–Trinajstić information content (AvgIpc) is 3.17. The van der Waals surface area contributed by atoms with Crippen molar-refractivity contribution in [2.24, 2.45) is 5.73 Å². The van der Waals surface area contributed by atoms with Gasteiger partial charge in [0.2, 0.25) is 11.8 Å². The highest BCUT2D eigenvalue weighted by Crippen LogP contribution is 2.27. The molecule has 3 atom stereocenters. The lowest BCUT2D eigenvalue weighted by Gasteiger charge is -2.44. The molecule has 0 saturated carbocycles. The van der Waals surface area contributed by atoms with Crippen LogP contribution in [-0.4, -0.2) is 77.6 Å². The number of urea groups is 1. The van der Waals surface area contributed by atoms with Gasteiger partial charge in [-0.15, -0.1) is 0 Å². The quantitative estimate of drug-likeness (QED) is 0.714. The Morgan fingerprint density at radius 3 is 2.39 bits per heavy atom. The van der Waals surface area contributed by atoms with Crippen LogP contribution >= 0.6 is 0 Å². The minimum Gasteiger partial charge on any atom is -0.377 e. The Labute approximate surface area is 164 Å². The number of carbonyl (C=O) groups excluding carboxylic acids is 3. The maximum Gasteiger partial charge on any atom is 0.312 e. The number of ether oxygens (including phenoxy) is 1. The van der Waals surface area contributed by atoms with Crippen LogP contribution in [0, 0.1) is 0 Å². The van der Waals surface area contributed by atoms with E-state index in [1.807, 2.05) is 24.0 Å². The van der Waals surface area contributed by atoms with E-state index in [0.29, 0.717) is 32.7 Å². The van der Waals surface area contributed by atoms with Gasteiger partial charge in [0.1, 0.15) is 0 Å². The molecule has 9 nitrogen and oxygen atoms in total. The number of hydrogen-bond acceptors (Lipinski definition) is 5. The fraction of sp³-hybridized carbons (Fsp3) is 0.579. The summed E-state index contributed by atoms with van der Waals surface area (Å²) in [7, 11) is 0. The van der Waals surface area contributed by atoms with E-state index in [0.717, 1.165) is 5.56 Å². The van der Waals surface area contributed by atoms with Crippen molar-refractivity contribution >= 4 is 17.8 Å². The molecular weight excluding hydrogens is 362 g/mol. The van der Waals surface area contributed by atoms with E-state index < -0.39 is 6.03 Å². The van der Waals surface area contributed by atoms with Crippen molar-refractivity contribution in [2.75, 3.05) is 32.8 Å². The van der Waals surface area contributed by atoms with E-state index in [2.05, 4.69) is 10.3 Å². The van der Waals surface area contributed by atoms with Gasteiger partial charge in [0.25, 0.3) is 0 Å². The number of aromatic nitrogens is 1. The summed E-state index contributed by atoms with van der Waals surface area (Å²) in [6.45, 7) is 4.04. The fourth-order valence-electron chi connectivity index (χ4n) is 3.92. The Morgan fingerprint density at radius 2 is 1.79 bits per heavy atom. The fourth-order valence-corrected chi connectivity index (χ4v) is 3.92. The zero-order valence-electron chi connectivity index (χ0n) is 16.0. The molecule has 2 aliphatic rings. The van der Waals surface area contributed by atoms with Crippen LogP contribution in [0.3, 0.4) is 0 Å². The van der Waals surface area contributed by atoms with Gasteiger partial charge in [0.05, 0.1) is 25.3 Å². The highest BCUT2D eigenvalue weighted by Gasteiger charge is 2.44. The zero-order valence-corrected chi connectivity index (χ0v) is 16.0. The number of pyridine rings is 1. The first kappa shape index (κ1) is 20.1. The van der Waals surface area contributed by atoms with Crippen molar-refractivity contribution in [2.45, 2.75) is 37.8 Å². The Kier molecular flexibility index (Phi) is 6.45. The molecule has 4 amide bonds. The molecule has 152 valence electrons. The average molecular weight is 389 g/mol. The number of carbonyl (C=O) groups is 3. The number of amides is 4. The SMILES string of the molecule is CC(CC(=O)N1CCN(C(=O)CCNC(N)=O)[C@@H]2COC[C@@H]21)c1ccncc1. The monoisotopic (exact) mass is 389 g/mol. The Balaban J connectivity index is 1.59. The Hall–Kier alpha value is -2.68. The van der Waals surface area contributed by atoms with Crippen LogP contribution in [0.2, 0.25) is 0 Å². The molecule has 1 aromatic rings. The van der Waals surface area contributed by atoms with Gasteiger partial charge in [0.15, 0.2) is 0 Å². The molecule has 0 aromatic carbocycles. The number of nitrogens with one attached hydrogen (secondary N) is 1. The van der Waals surface area contributed by atoms with Crippen LogP contribution in [0.15, 0.2) is 24.5 Å². The van der Waals surface area contributed by atoms with Crippen LogP contribution in [-0.2, 0) is 14.3 Å². The standard InChI is InChI=1S/C19H27N5O4/c1-13(14-2-5-21-6-3-14)10-18(26)24-9-8-23(15-11-28-12-16(15)24)17(25)4-7-22-19(20)27/h2-3,5-6,13,15-16H,4,7-12H2,1H3,(H3,20,22,27)/t13?,15-,16+/m1/s1. The second-order valence-corrected chi connectivity index (χ2v) is 7.27. The molecular formula is C19H27N5O4. The third kappa shape index (κ3) is 4.59. The van der Waals surface area contributed by atoms with Crippen molar-refractivity contribution < 1.29 is 19.1 Å². The molecule has 28 heavy (non-hydrogen) atoms. The van der Waals surface area contributed by atoms with Crippen molar-refractivity contribution in [1.29, 1.82) is 0 Å². The van der Waals surface area contributed by atoms with Crippen LogP contribution < -0.4 is 11.1 Å². The molecule has 9 heteroatoms. The minimum atomic E-state index is -0.645. The molecule has 2 saturated heterocycles. The first-order valence-electron chi connectivity index (χ1n) is 9.57. The number of piperazine rings is 1. The first-order chi connectivity index (χ1) is 13.5. The van der Waals surface area contributed by atoms with E-state index in [1.165, 1.54) is 0 Å². The molecule has 2 aliphatic heterocycles. The molecule has 1 unspecified atom stereocenters. The van der Waals surface area contributed by atoms with E-state index >= 15 is 0 Å². The smallest absolute Gasteiger partial charge is 0.312 e. The third-order valence-electron chi connectivity index (χ3n) is 5.44. The lowest BCUT2D eigenvalue weighted by Crippen LogP contribution is -2.62. The summed E-state index contributed by atoms with van der Waals surface area (Å²) in [6.07, 6.45) is 4.05. The van der Waals surface area contributed by atoms with Crippen LogP contribution in [0.5, 0.6) is 0 Å². The second-order valence-electron chi connectivity index (χ2n) is 7.27. The number of nitrogens with two attached hydrogens (primary N) is 1. The molecule has 0 aliphatic carbocycles. The molecule has 3 N–H and O–H groups in total. The highest BCUT2D eigenvalue weighted by atomic mass is 16.5. The Morgan fingerprint density at radius 1 is 1.18 bits per heavy atom. The number of rotatable bonds is 6. The molecule has 1 aromatic heterocycles. The molecule has 0 bridgehead atoms. The van der Waals surface area contributed by atoms with E-state index in [4.69, 9.17) is 10.5 Å².